The van der Waals surface area contributed by atoms with Crippen LogP contribution in [-0.4, -0.2) is 20.7 Å². The van der Waals surface area contributed by atoms with Crippen molar-refractivity contribution in [3.63, 3.8) is 0 Å². The highest BCUT2D eigenvalue weighted by Crippen LogP contribution is 2.30. The lowest BCUT2D eigenvalue weighted by Crippen LogP contribution is -2.16. The highest BCUT2D eigenvalue weighted by molar-refractivity contribution is 7.17. The van der Waals surface area contributed by atoms with Crippen LogP contribution in [0.2, 0.25) is 0 Å². The van der Waals surface area contributed by atoms with Gasteiger partial charge >= 0.3 is 0 Å². The van der Waals surface area contributed by atoms with Crippen LogP contribution in [0.1, 0.15) is 26.6 Å². The number of thiophene rings is 1. The number of nitrogens with zero attached hydrogens (tertiary/aromatic N) is 3. The van der Waals surface area contributed by atoms with Gasteiger partial charge in [-0.25, -0.2) is 9.67 Å². The molecule has 0 unspecified atom stereocenters. The molecule has 7 heteroatoms. The number of carbonyl (C=O) groups excluding carboxylic acids is 1. The predicted octanol–water partition coefficient (Wildman–Crippen LogP) is 4.99. The molecule has 3 aromatic heterocycles. The van der Waals surface area contributed by atoms with E-state index in [0.717, 1.165) is 27.5 Å². The summed E-state index contributed by atoms with van der Waals surface area (Å²) in [4.78, 5) is 18.0. The summed E-state index contributed by atoms with van der Waals surface area (Å²) in [7, 11) is 0. The van der Waals surface area contributed by atoms with Crippen molar-refractivity contribution in [1.29, 1.82) is 0 Å². The molecule has 27 heavy (non-hydrogen) atoms. The number of hydrogen-bond acceptors (Lipinski definition) is 5. The monoisotopic (exact) mass is 394 g/mol. The fraction of sp³-hybridized carbons (Fsp3) is 0.150. The van der Waals surface area contributed by atoms with E-state index >= 15 is 0 Å². The first-order valence-corrected chi connectivity index (χ1v) is 10.3. The van der Waals surface area contributed by atoms with Crippen LogP contribution in [0.4, 0.5) is 5.82 Å². The molecule has 1 N–H and O–H groups in total. The highest BCUT2D eigenvalue weighted by atomic mass is 32.1. The van der Waals surface area contributed by atoms with E-state index in [1.807, 2.05) is 71.8 Å². The maximum atomic E-state index is 12.9. The van der Waals surface area contributed by atoms with Gasteiger partial charge in [0.25, 0.3) is 5.91 Å². The topological polar surface area (TPSA) is 59.8 Å². The SMILES string of the molecule is Cc1cc(NC(=O)c2sc(-c3ccsc3)nc2C)n(Cc2ccccc2)n1. The third kappa shape index (κ3) is 3.84. The first-order chi connectivity index (χ1) is 13.1. The fourth-order valence-corrected chi connectivity index (χ4v) is 4.49. The van der Waals surface area contributed by atoms with E-state index in [-0.39, 0.29) is 5.91 Å². The van der Waals surface area contributed by atoms with Crippen LogP contribution in [0, 0.1) is 13.8 Å². The van der Waals surface area contributed by atoms with Gasteiger partial charge in [-0.2, -0.15) is 16.4 Å². The second-order valence-electron chi connectivity index (χ2n) is 6.21. The number of hydrogen-bond donors (Lipinski definition) is 1. The van der Waals surface area contributed by atoms with Crippen molar-refractivity contribution in [3.05, 3.63) is 75.1 Å². The molecule has 4 rings (SSSR count). The molecular weight excluding hydrogens is 376 g/mol. The van der Waals surface area contributed by atoms with E-state index in [2.05, 4.69) is 15.4 Å². The minimum Gasteiger partial charge on any atom is -0.306 e. The van der Waals surface area contributed by atoms with E-state index < -0.39 is 0 Å². The number of anilines is 1. The van der Waals surface area contributed by atoms with Gasteiger partial charge in [0.1, 0.15) is 15.7 Å². The summed E-state index contributed by atoms with van der Waals surface area (Å²) in [5, 5.41) is 12.4. The first kappa shape index (κ1) is 17.6. The minimum absolute atomic E-state index is 0.152. The summed E-state index contributed by atoms with van der Waals surface area (Å²) in [5.74, 6) is 0.534. The third-order valence-electron chi connectivity index (χ3n) is 4.09. The Morgan fingerprint density at radius 2 is 2.00 bits per heavy atom. The number of thiazole rings is 1. The number of aryl methyl sites for hydroxylation is 2. The Kier molecular flexibility index (Phi) is 4.87. The van der Waals surface area contributed by atoms with Crippen LogP contribution >= 0.6 is 22.7 Å². The van der Waals surface area contributed by atoms with Crippen LogP contribution in [0.3, 0.4) is 0 Å². The minimum atomic E-state index is -0.152. The molecule has 0 spiro atoms. The van der Waals surface area contributed by atoms with Crippen molar-refractivity contribution in [2.45, 2.75) is 20.4 Å². The van der Waals surface area contributed by atoms with Crippen molar-refractivity contribution in [2.75, 3.05) is 5.32 Å². The van der Waals surface area contributed by atoms with Gasteiger partial charge in [-0.15, -0.1) is 11.3 Å². The molecule has 5 nitrogen and oxygen atoms in total. The first-order valence-electron chi connectivity index (χ1n) is 8.50. The molecule has 0 aliphatic carbocycles. The molecule has 0 aliphatic heterocycles. The van der Waals surface area contributed by atoms with Crippen LogP contribution in [0.25, 0.3) is 10.6 Å². The summed E-state index contributed by atoms with van der Waals surface area (Å²) in [6.45, 7) is 4.39. The molecule has 1 amide bonds. The van der Waals surface area contributed by atoms with Gasteiger partial charge in [0.15, 0.2) is 0 Å². The maximum Gasteiger partial charge on any atom is 0.268 e. The molecule has 0 atom stereocenters. The molecule has 0 bridgehead atoms. The van der Waals surface area contributed by atoms with Crippen molar-refractivity contribution in [1.82, 2.24) is 14.8 Å². The fourth-order valence-electron chi connectivity index (χ4n) is 2.81. The Balaban J connectivity index is 1.57. The molecule has 3 heterocycles. The number of nitrogens with one attached hydrogen (secondary N) is 1. The van der Waals surface area contributed by atoms with Gasteiger partial charge < -0.3 is 5.32 Å². The van der Waals surface area contributed by atoms with Crippen LogP contribution in [-0.2, 0) is 6.54 Å². The second kappa shape index (κ2) is 7.46. The van der Waals surface area contributed by atoms with Crippen molar-refractivity contribution >= 4 is 34.4 Å². The smallest absolute Gasteiger partial charge is 0.268 e. The lowest BCUT2D eigenvalue weighted by atomic mass is 10.2. The normalized spacial score (nSPS) is 10.9. The molecule has 136 valence electrons. The standard InChI is InChI=1S/C20H18N4OS2/c1-13-10-17(24(23-13)11-15-6-4-3-5-7-15)22-19(25)18-14(2)21-20(27-18)16-8-9-26-12-16/h3-10,12H,11H2,1-2H3,(H,22,25). The molecule has 0 saturated heterocycles. The summed E-state index contributed by atoms with van der Waals surface area (Å²) in [6.07, 6.45) is 0. The van der Waals surface area contributed by atoms with Gasteiger partial charge in [0, 0.05) is 17.0 Å². The summed E-state index contributed by atoms with van der Waals surface area (Å²) in [6, 6.07) is 14.0. The molecule has 1 aromatic carbocycles. The Bertz CT molecular complexity index is 1070. The van der Waals surface area contributed by atoms with Crippen molar-refractivity contribution in [3.8, 4) is 10.6 Å². The molecular formula is C20H18N4OS2. The molecule has 0 saturated carbocycles. The highest BCUT2D eigenvalue weighted by Gasteiger charge is 2.18. The molecule has 0 fully saturated rings. The van der Waals surface area contributed by atoms with E-state index in [1.54, 1.807) is 11.3 Å². The van der Waals surface area contributed by atoms with E-state index in [9.17, 15) is 4.79 Å². The summed E-state index contributed by atoms with van der Waals surface area (Å²) in [5.41, 5.74) is 3.78. The van der Waals surface area contributed by atoms with Crippen LogP contribution in [0.5, 0.6) is 0 Å². The molecule has 4 aromatic rings. The Hall–Kier alpha value is -2.77. The average Bonchev–Trinajstić information content (AvgIpc) is 3.37. The van der Waals surface area contributed by atoms with E-state index in [0.29, 0.717) is 17.2 Å². The number of rotatable bonds is 5. The quantitative estimate of drug-likeness (QED) is 0.519. The Morgan fingerprint density at radius 3 is 2.74 bits per heavy atom. The van der Waals surface area contributed by atoms with Crippen molar-refractivity contribution in [2.24, 2.45) is 0 Å². The number of aromatic nitrogens is 3. The van der Waals surface area contributed by atoms with Gasteiger partial charge in [-0.05, 0) is 30.9 Å². The average molecular weight is 395 g/mol. The zero-order valence-electron chi connectivity index (χ0n) is 15.0. The van der Waals surface area contributed by atoms with Gasteiger partial charge in [-0.1, -0.05) is 30.3 Å². The van der Waals surface area contributed by atoms with E-state index in [4.69, 9.17) is 0 Å². The Morgan fingerprint density at radius 1 is 1.19 bits per heavy atom. The zero-order chi connectivity index (χ0) is 18.8. The number of amides is 1. The van der Waals surface area contributed by atoms with E-state index in [1.165, 1.54) is 11.3 Å². The lowest BCUT2D eigenvalue weighted by Gasteiger charge is -2.08. The van der Waals surface area contributed by atoms with Crippen LogP contribution < -0.4 is 5.32 Å². The number of benzene rings is 1. The van der Waals surface area contributed by atoms with Gasteiger partial charge in [-0.3, -0.25) is 4.79 Å². The van der Waals surface area contributed by atoms with Crippen molar-refractivity contribution < 1.29 is 4.79 Å². The predicted molar refractivity (Wildman–Crippen MR) is 111 cm³/mol. The largest absolute Gasteiger partial charge is 0.306 e. The Labute approximate surface area is 165 Å². The lowest BCUT2D eigenvalue weighted by molar-refractivity contribution is 0.102. The third-order valence-corrected chi connectivity index (χ3v) is 5.98. The summed E-state index contributed by atoms with van der Waals surface area (Å²) >= 11 is 3.04. The molecule has 0 radical (unpaired) electrons. The van der Waals surface area contributed by atoms with Gasteiger partial charge in [0.2, 0.25) is 0 Å². The maximum absolute atomic E-state index is 12.9. The zero-order valence-corrected chi connectivity index (χ0v) is 16.6. The van der Waals surface area contributed by atoms with Gasteiger partial charge in [0.05, 0.1) is 17.9 Å². The summed E-state index contributed by atoms with van der Waals surface area (Å²) < 4.78 is 1.82. The molecule has 0 aliphatic rings. The second-order valence-corrected chi connectivity index (χ2v) is 7.99. The van der Waals surface area contributed by atoms with Crippen LogP contribution in [0.15, 0.2) is 53.2 Å². The number of carbonyl (C=O) groups is 1.